The van der Waals surface area contributed by atoms with Crippen molar-refractivity contribution in [3.05, 3.63) is 35.6 Å². The van der Waals surface area contributed by atoms with Gasteiger partial charge in [0.15, 0.2) is 0 Å². The minimum atomic E-state index is -0.803. The zero-order chi connectivity index (χ0) is 16.3. The molecule has 118 valence electrons. The molecule has 0 aliphatic carbocycles. The van der Waals surface area contributed by atoms with Crippen LogP contribution in [0.2, 0.25) is 0 Å². The number of benzene rings is 1. The Kier molecular flexibility index (Phi) is 5.51. The first-order valence-electron chi connectivity index (χ1n) is 7.27. The largest absolute Gasteiger partial charge is 0.393 e. The van der Waals surface area contributed by atoms with Crippen LogP contribution in [-0.4, -0.2) is 23.7 Å². The van der Waals surface area contributed by atoms with Crippen LogP contribution >= 0.6 is 0 Å². The minimum Gasteiger partial charge on any atom is -0.393 e. The van der Waals surface area contributed by atoms with E-state index in [4.69, 9.17) is 0 Å². The highest BCUT2D eigenvalue weighted by molar-refractivity contribution is 5.87. The summed E-state index contributed by atoms with van der Waals surface area (Å²) in [6.45, 7) is 9.75. The molecule has 0 spiro atoms. The van der Waals surface area contributed by atoms with E-state index in [9.17, 15) is 14.3 Å². The number of amides is 1. The second kappa shape index (κ2) is 6.56. The molecule has 0 aliphatic rings. The Balaban J connectivity index is 2.74. The maximum atomic E-state index is 13.3. The number of rotatable bonds is 6. The number of hydrogen-bond acceptors (Lipinski definition) is 2. The average molecular weight is 295 g/mol. The first-order chi connectivity index (χ1) is 9.54. The summed E-state index contributed by atoms with van der Waals surface area (Å²) in [6.07, 6.45) is 0.196. The molecule has 0 unspecified atom stereocenters. The summed E-state index contributed by atoms with van der Waals surface area (Å²) in [4.78, 5) is 12.4. The predicted molar refractivity (Wildman–Crippen MR) is 82.5 cm³/mol. The van der Waals surface area contributed by atoms with Gasteiger partial charge in [-0.15, -0.1) is 0 Å². The van der Waals surface area contributed by atoms with E-state index in [2.05, 4.69) is 5.32 Å². The first kappa shape index (κ1) is 17.6. The molecule has 0 saturated heterocycles. The van der Waals surface area contributed by atoms with Gasteiger partial charge in [0.1, 0.15) is 5.82 Å². The highest BCUT2D eigenvalue weighted by Gasteiger charge is 2.31. The molecule has 1 aromatic rings. The smallest absolute Gasteiger partial charge is 0.230 e. The zero-order valence-corrected chi connectivity index (χ0v) is 13.5. The Labute approximate surface area is 126 Å². The molecule has 0 aromatic heterocycles. The summed E-state index contributed by atoms with van der Waals surface area (Å²) in [6, 6.07) is 6.12. The van der Waals surface area contributed by atoms with Gasteiger partial charge in [-0.05, 0) is 50.3 Å². The van der Waals surface area contributed by atoms with Crippen molar-refractivity contribution in [1.29, 1.82) is 0 Å². The fourth-order valence-electron chi connectivity index (χ4n) is 2.42. The molecule has 4 heteroatoms. The second-order valence-electron chi connectivity index (χ2n) is 7.04. The fraction of sp³-hybridized carbons (Fsp3) is 0.588. The van der Waals surface area contributed by atoms with E-state index < -0.39 is 11.5 Å². The van der Waals surface area contributed by atoms with Crippen LogP contribution in [0.3, 0.4) is 0 Å². The highest BCUT2D eigenvalue weighted by atomic mass is 19.1. The number of halogens is 1. The third-order valence-corrected chi connectivity index (χ3v) is 3.69. The maximum absolute atomic E-state index is 13.3. The lowest BCUT2D eigenvalue weighted by atomic mass is 9.82. The second-order valence-corrected chi connectivity index (χ2v) is 7.04. The third-order valence-electron chi connectivity index (χ3n) is 3.69. The normalized spacial score (nSPS) is 13.9. The van der Waals surface area contributed by atoms with Gasteiger partial charge in [-0.1, -0.05) is 26.0 Å². The van der Waals surface area contributed by atoms with Crippen LogP contribution in [0.1, 0.15) is 46.6 Å². The van der Waals surface area contributed by atoms with Gasteiger partial charge in [0, 0.05) is 6.54 Å². The average Bonchev–Trinajstić information content (AvgIpc) is 2.34. The Bertz CT molecular complexity index is 495. The molecule has 1 amide bonds. The molecule has 2 N–H and O–H groups in total. The molecule has 0 bridgehead atoms. The Morgan fingerprint density at radius 3 is 2.48 bits per heavy atom. The van der Waals surface area contributed by atoms with Gasteiger partial charge in [0.05, 0.1) is 11.5 Å². The van der Waals surface area contributed by atoms with E-state index in [1.165, 1.54) is 12.1 Å². The number of nitrogens with one attached hydrogen (secondary N) is 1. The highest BCUT2D eigenvalue weighted by Crippen LogP contribution is 2.26. The van der Waals surface area contributed by atoms with Gasteiger partial charge in [0.25, 0.3) is 0 Å². The summed E-state index contributed by atoms with van der Waals surface area (Å²) in [7, 11) is 0. The summed E-state index contributed by atoms with van der Waals surface area (Å²) in [5.74, 6) is -0.491. The van der Waals surface area contributed by atoms with Crippen LogP contribution < -0.4 is 5.32 Å². The fourth-order valence-corrected chi connectivity index (χ4v) is 2.42. The van der Waals surface area contributed by atoms with Crippen molar-refractivity contribution in [2.24, 2.45) is 5.41 Å². The zero-order valence-electron chi connectivity index (χ0n) is 13.5. The molecular weight excluding hydrogens is 269 g/mol. The lowest BCUT2D eigenvalue weighted by Crippen LogP contribution is -2.44. The summed E-state index contributed by atoms with van der Waals surface area (Å²) in [5.41, 5.74) is -0.349. The van der Waals surface area contributed by atoms with Crippen LogP contribution in [0.4, 0.5) is 4.39 Å². The molecule has 0 fully saturated rings. The molecule has 0 saturated carbocycles. The summed E-state index contributed by atoms with van der Waals surface area (Å²) in [5, 5.41) is 12.4. The maximum Gasteiger partial charge on any atom is 0.230 e. The number of carbonyl (C=O) groups excluding carboxylic acids is 1. The van der Waals surface area contributed by atoms with E-state index in [-0.39, 0.29) is 17.1 Å². The standard InChI is InChI=1S/C17H26FNO2/c1-12(20)10-16(2,3)11-19-15(21)17(4,5)13-7-6-8-14(18)9-13/h6-9,12,20H,10-11H2,1-5H3,(H,19,21)/t12-/m0/s1. The van der Waals surface area contributed by atoms with E-state index in [0.717, 1.165) is 0 Å². The van der Waals surface area contributed by atoms with Crippen molar-refractivity contribution in [3.8, 4) is 0 Å². The van der Waals surface area contributed by atoms with Gasteiger partial charge < -0.3 is 10.4 Å². The quantitative estimate of drug-likeness (QED) is 0.847. The van der Waals surface area contributed by atoms with Gasteiger partial charge in [0.2, 0.25) is 5.91 Å². The SMILES string of the molecule is C[C@H](O)CC(C)(C)CNC(=O)C(C)(C)c1cccc(F)c1. The van der Waals surface area contributed by atoms with Gasteiger partial charge >= 0.3 is 0 Å². The molecule has 0 heterocycles. The van der Waals surface area contributed by atoms with Crippen LogP contribution in [0.25, 0.3) is 0 Å². The number of hydrogen-bond donors (Lipinski definition) is 2. The van der Waals surface area contributed by atoms with Crippen molar-refractivity contribution < 1.29 is 14.3 Å². The topological polar surface area (TPSA) is 49.3 Å². The number of aliphatic hydroxyl groups is 1. The van der Waals surface area contributed by atoms with Crippen molar-refractivity contribution in [2.45, 2.75) is 52.6 Å². The van der Waals surface area contributed by atoms with Gasteiger partial charge in [-0.2, -0.15) is 0 Å². The summed E-state index contributed by atoms with van der Waals surface area (Å²) < 4.78 is 13.3. The van der Waals surface area contributed by atoms with E-state index >= 15 is 0 Å². The lowest BCUT2D eigenvalue weighted by molar-refractivity contribution is -0.126. The first-order valence-corrected chi connectivity index (χ1v) is 7.27. The van der Waals surface area contributed by atoms with Crippen molar-refractivity contribution in [2.75, 3.05) is 6.54 Å². The van der Waals surface area contributed by atoms with Gasteiger partial charge in [-0.3, -0.25) is 4.79 Å². The van der Waals surface area contributed by atoms with Crippen LogP contribution in [0, 0.1) is 11.2 Å². The van der Waals surface area contributed by atoms with E-state index in [0.29, 0.717) is 18.5 Å². The van der Waals surface area contributed by atoms with E-state index in [1.54, 1.807) is 32.9 Å². The third kappa shape index (κ3) is 5.12. The van der Waals surface area contributed by atoms with E-state index in [1.807, 2.05) is 13.8 Å². The Hall–Kier alpha value is -1.42. The Morgan fingerprint density at radius 1 is 1.33 bits per heavy atom. The molecular formula is C17H26FNO2. The van der Waals surface area contributed by atoms with Gasteiger partial charge in [-0.25, -0.2) is 4.39 Å². The number of aliphatic hydroxyl groups excluding tert-OH is 1. The van der Waals surface area contributed by atoms with Crippen molar-refractivity contribution >= 4 is 5.91 Å². The van der Waals surface area contributed by atoms with Crippen molar-refractivity contribution in [3.63, 3.8) is 0 Å². The van der Waals surface area contributed by atoms with Crippen molar-refractivity contribution in [1.82, 2.24) is 5.32 Å². The van der Waals surface area contributed by atoms with Crippen LogP contribution in [0.15, 0.2) is 24.3 Å². The lowest BCUT2D eigenvalue weighted by Gasteiger charge is -2.30. The van der Waals surface area contributed by atoms with Crippen LogP contribution in [-0.2, 0) is 10.2 Å². The Morgan fingerprint density at radius 2 is 1.95 bits per heavy atom. The van der Waals surface area contributed by atoms with Crippen LogP contribution in [0.5, 0.6) is 0 Å². The predicted octanol–water partition coefficient (Wildman–Crippen LogP) is 3.02. The molecule has 1 atom stereocenters. The molecule has 3 nitrogen and oxygen atoms in total. The minimum absolute atomic E-state index is 0.147. The molecule has 0 aliphatic heterocycles. The molecule has 0 radical (unpaired) electrons. The molecule has 1 aromatic carbocycles. The summed E-state index contributed by atoms with van der Waals surface area (Å²) >= 11 is 0. The molecule has 21 heavy (non-hydrogen) atoms. The molecule has 1 rings (SSSR count). The monoisotopic (exact) mass is 295 g/mol. The number of carbonyl (C=O) groups is 1.